The van der Waals surface area contributed by atoms with Crippen molar-refractivity contribution in [1.29, 1.82) is 0 Å². The highest BCUT2D eigenvalue weighted by atomic mass is 16.5. The molecule has 3 aromatic rings. The molecule has 1 saturated heterocycles. The van der Waals surface area contributed by atoms with Crippen molar-refractivity contribution < 1.29 is 14.1 Å². The SMILES string of the molecule is CCOc1ccc(CC(=O)N2CCN(c3ccc(-c4noc(C5CCCC5)n4)cn3)CC2)cc1. The Bertz CT molecular complexity index is 1080. The van der Waals surface area contributed by atoms with Crippen LogP contribution in [0.4, 0.5) is 5.82 Å². The maximum atomic E-state index is 12.8. The average Bonchev–Trinajstić information content (AvgIpc) is 3.58. The summed E-state index contributed by atoms with van der Waals surface area (Å²) in [6.45, 7) is 5.49. The van der Waals surface area contributed by atoms with E-state index in [1.165, 1.54) is 12.8 Å². The first-order valence-corrected chi connectivity index (χ1v) is 12.2. The molecule has 2 aliphatic rings. The molecule has 0 N–H and O–H groups in total. The minimum atomic E-state index is 0.155. The standard InChI is InChI=1S/C26H31N5O3/c1-2-33-22-10-7-19(8-11-22)17-24(32)31-15-13-30(14-16-31)23-12-9-21(18-27-23)25-28-26(34-29-25)20-5-3-4-6-20/h7-12,18,20H,2-6,13-17H2,1H3. The van der Waals surface area contributed by atoms with Gasteiger partial charge in [-0.15, -0.1) is 0 Å². The smallest absolute Gasteiger partial charge is 0.230 e. The van der Waals surface area contributed by atoms with Crippen molar-refractivity contribution in [2.24, 2.45) is 0 Å². The topological polar surface area (TPSA) is 84.6 Å². The lowest BCUT2D eigenvalue weighted by Crippen LogP contribution is -2.49. The molecule has 1 aliphatic carbocycles. The van der Waals surface area contributed by atoms with Crippen LogP contribution in [-0.4, -0.2) is 58.7 Å². The number of hydrogen-bond acceptors (Lipinski definition) is 7. The lowest BCUT2D eigenvalue weighted by Gasteiger charge is -2.35. The Hall–Kier alpha value is -3.42. The third-order valence-corrected chi connectivity index (χ3v) is 6.70. The molecule has 2 fully saturated rings. The van der Waals surface area contributed by atoms with Gasteiger partial charge in [0, 0.05) is 43.9 Å². The number of nitrogens with zero attached hydrogens (tertiary/aromatic N) is 5. The lowest BCUT2D eigenvalue weighted by molar-refractivity contribution is -0.130. The summed E-state index contributed by atoms with van der Waals surface area (Å²) in [6.07, 6.45) is 6.95. The highest BCUT2D eigenvalue weighted by molar-refractivity contribution is 5.79. The molecule has 8 nitrogen and oxygen atoms in total. The van der Waals surface area contributed by atoms with Gasteiger partial charge in [-0.25, -0.2) is 4.98 Å². The van der Waals surface area contributed by atoms with Gasteiger partial charge in [0.25, 0.3) is 0 Å². The predicted octanol–water partition coefficient (Wildman–Crippen LogP) is 4.08. The molecule has 1 aromatic carbocycles. The van der Waals surface area contributed by atoms with Crippen molar-refractivity contribution in [3.63, 3.8) is 0 Å². The summed E-state index contributed by atoms with van der Waals surface area (Å²) in [6, 6.07) is 11.8. The van der Waals surface area contributed by atoms with Gasteiger partial charge in [-0.05, 0) is 49.6 Å². The van der Waals surface area contributed by atoms with Crippen LogP contribution >= 0.6 is 0 Å². The van der Waals surface area contributed by atoms with Crippen molar-refractivity contribution in [2.45, 2.75) is 44.9 Å². The zero-order valence-corrected chi connectivity index (χ0v) is 19.7. The molecule has 0 radical (unpaired) electrons. The third-order valence-electron chi connectivity index (χ3n) is 6.70. The summed E-state index contributed by atoms with van der Waals surface area (Å²) in [4.78, 5) is 26.1. The van der Waals surface area contributed by atoms with Crippen LogP contribution in [0.3, 0.4) is 0 Å². The van der Waals surface area contributed by atoms with Crippen LogP contribution in [0.5, 0.6) is 5.75 Å². The number of benzene rings is 1. The summed E-state index contributed by atoms with van der Waals surface area (Å²) < 4.78 is 11.0. The molecular weight excluding hydrogens is 430 g/mol. The minimum Gasteiger partial charge on any atom is -0.494 e. The van der Waals surface area contributed by atoms with Crippen LogP contribution < -0.4 is 9.64 Å². The van der Waals surface area contributed by atoms with E-state index < -0.39 is 0 Å². The molecular formula is C26H31N5O3. The Kier molecular flexibility index (Phi) is 6.74. The van der Waals surface area contributed by atoms with E-state index in [9.17, 15) is 4.79 Å². The van der Waals surface area contributed by atoms with E-state index in [4.69, 9.17) is 9.26 Å². The van der Waals surface area contributed by atoms with Crippen molar-refractivity contribution in [2.75, 3.05) is 37.7 Å². The zero-order valence-electron chi connectivity index (χ0n) is 19.7. The number of anilines is 1. The van der Waals surface area contributed by atoms with Crippen molar-refractivity contribution >= 4 is 11.7 Å². The van der Waals surface area contributed by atoms with Gasteiger partial charge >= 0.3 is 0 Å². The van der Waals surface area contributed by atoms with E-state index in [0.717, 1.165) is 54.5 Å². The van der Waals surface area contributed by atoms with Crippen molar-refractivity contribution in [3.8, 4) is 17.1 Å². The zero-order chi connectivity index (χ0) is 23.3. The second kappa shape index (κ2) is 10.2. The summed E-state index contributed by atoms with van der Waals surface area (Å²) in [5.41, 5.74) is 1.87. The summed E-state index contributed by atoms with van der Waals surface area (Å²) in [5, 5.41) is 4.16. The van der Waals surface area contributed by atoms with Crippen LogP contribution in [0, 0.1) is 0 Å². The van der Waals surface area contributed by atoms with Gasteiger partial charge in [0.15, 0.2) is 0 Å². The molecule has 178 valence electrons. The highest BCUT2D eigenvalue weighted by Gasteiger charge is 2.24. The molecule has 34 heavy (non-hydrogen) atoms. The van der Waals surface area contributed by atoms with Crippen LogP contribution in [0.1, 0.15) is 50.0 Å². The Morgan fingerprint density at radius 2 is 1.82 bits per heavy atom. The maximum Gasteiger partial charge on any atom is 0.230 e. The van der Waals surface area contributed by atoms with Crippen molar-refractivity contribution in [3.05, 3.63) is 54.0 Å². The normalized spacial score (nSPS) is 16.7. The van der Waals surface area contributed by atoms with Crippen LogP contribution in [-0.2, 0) is 11.2 Å². The minimum absolute atomic E-state index is 0.155. The predicted molar refractivity (Wildman–Crippen MR) is 129 cm³/mol. The third kappa shape index (κ3) is 5.05. The number of piperazine rings is 1. The summed E-state index contributed by atoms with van der Waals surface area (Å²) >= 11 is 0. The monoisotopic (exact) mass is 461 g/mol. The number of ether oxygens (including phenoxy) is 1. The van der Waals surface area contributed by atoms with E-state index >= 15 is 0 Å². The first kappa shape index (κ1) is 22.4. The molecule has 0 atom stereocenters. The average molecular weight is 462 g/mol. The van der Waals surface area contributed by atoms with E-state index in [-0.39, 0.29) is 5.91 Å². The fourth-order valence-electron chi connectivity index (χ4n) is 4.74. The molecule has 1 saturated carbocycles. The molecule has 0 spiro atoms. The molecule has 8 heteroatoms. The molecule has 5 rings (SSSR count). The van der Waals surface area contributed by atoms with E-state index in [1.54, 1.807) is 0 Å². The molecule has 0 bridgehead atoms. The fraction of sp³-hybridized carbons (Fsp3) is 0.462. The van der Waals surface area contributed by atoms with Crippen LogP contribution in [0.25, 0.3) is 11.4 Å². The highest BCUT2D eigenvalue weighted by Crippen LogP contribution is 2.34. The Balaban J connectivity index is 1.13. The van der Waals surface area contributed by atoms with E-state index in [1.807, 2.05) is 54.4 Å². The number of pyridine rings is 1. The second-order valence-electron chi connectivity index (χ2n) is 8.96. The number of carbonyl (C=O) groups is 1. The van der Waals surface area contributed by atoms with Crippen LogP contribution in [0.2, 0.25) is 0 Å². The van der Waals surface area contributed by atoms with Gasteiger partial charge in [-0.3, -0.25) is 4.79 Å². The largest absolute Gasteiger partial charge is 0.494 e. The Morgan fingerprint density at radius 3 is 2.50 bits per heavy atom. The number of carbonyl (C=O) groups excluding carboxylic acids is 1. The first-order valence-electron chi connectivity index (χ1n) is 12.2. The van der Waals surface area contributed by atoms with Crippen molar-refractivity contribution in [1.82, 2.24) is 20.0 Å². The molecule has 1 amide bonds. The van der Waals surface area contributed by atoms with Gasteiger partial charge in [-0.1, -0.05) is 30.1 Å². The first-order chi connectivity index (χ1) is 16.7. The van der Waals surface area contributed by atoms with Gasteiger partial charge in [0.1, 0.15) is 11.6 Å². The lowest BCUT2D eigenvalue weighted by atomic mass is 10.1. The van der Waals surface area contributed by atoms with Gasteiger partial charge in [0.2, 0.25) is 17.6 Å². The Labute approximate surface area is 199 Å². The molecule has 2 aromatic heterocycles. The summed E-state index contributed by atoms with van der Waals surface area (Å²) in [5.74, 6) is 3.65. The van der Waals surface area contributed by atoms with Gasteiger partial charge in [0.05, 0.1) is 13.0 Å². The number of rotatable bonds is 7. The van der Waals surface area contributed by atoms with Crippen LogP contribution in [0.15, 0.2) is 47.1 Å². The second-order valence-corrected chi connectivity index (χ2v) is 8.96. The van der Waals surface area contributed by atoms with E-state index in [2.05, 4.69) is 20.0 Å². The fourth-order valence-corrected chi connectivity index (χ4v) is 4.74. The Morgan fingerprint density at radius 1 is 1.06 bits per heavy atom. The molecule has 3 heterocycles. The van der Waals surface area contributed by atoms with Gasteiger partial charge < -0.3 is 19.1 Å². The number of hydrogen-bond donors (Lipinski definition) is 0. The van der Waals surface area contributed by atoms with E-state index in [0.29, 0.717) is 37.9 Å². The maximum absolute atomic E-state index is 12.8. The summed E-state index contributed by atoms with van der Waals surface area (Å²) in [7, 11) is 0. The molecule has 1 aliphatic heterocycles. The number of aromatic nitrogens is 3. The van der Waals surface area contributed by atoms with Gasteiger partial charge in [-0.2, -0.15) is 4.98 Å². The molecule has 0 unspecified atom stereocenters. The quantitative estimate of drug-likeness (QED) is 0.524. The number of amides is 1.